The second-order valence-corrected chi connectivity index (χ2v) is 30.6. The van der Waals surface area contributed by atoms with Crippen molar-refractivity contribution < 1.29 is 4.42 Å². The number of hydrogen-bond donors (Lipinski definition) is 0. The summed E-state index contributed by atoms with van der Waals surface area (Å²) in [6.07, 6.45) is 11.8. The van der Waals surface area contributed by atoms with Crippen LogP contribution in [0.1, 0.15) is 195 Å². The molecule has 5 heteroatoms. The molecule has 4 atom stereocenters. The standard InChI is InChI=1S/C76H84BN3O/c1-69(2,3)50-30-32-60(53(40-50)48-27-19-16-20-28-48)78-62-43-52(79-61-31-29-49(47-25-17-15-18-26-47)39-57(61)73(11)33-21-23-35-75(73,79)13)44-63-65(62)77(68-66(78)54-45-55-56(46-64(54)81-68)72(9,10)38-37-71(55,7)8)59-42-51(70(4,5)6)41-58-67(59)80(63)76(14)36-24-22-34-74(58,76)12/h15-20,25-32,39-46H,21-24,33-38H2,1-14H3. The van der Waals surface area contributed by atoms with Gasteiger partial charge < -0.3 is 19.1 Å². The molecule has 2 saturated carbocycles. The van der Waals surface area contributed by atoms with Crippen LogP contribution in [0.3, 0.4) is 0 Å². The number of benzene rings is 7. The van der Waals surface area contributed by atoms with Crippen LogP contribution >= 0.6 is 0 Å². The highest BCUT2D eigenvalue weighted by Crippen LogP contribution is 2.66. The highest BCUT2D eigenvalue weighted by Gasteiger charge is 2.64. The van der Waals surface area contributed by atoms with Gasteiger partial charge in [-0.2, -0.15) is 0 Å². The summed E-state index contributed by atoms with van der Waals surface area (Å²) in [5, 5.41) is 1.22. The first-order valence-corrected chi connectivity index (χ1v) is 31.2. The van der Waals surface area contributed by atoms with Crippen LogP contribution in [0.15, 0.2) is 138 Å². The molecule has 8 aromatic rings. The van der Waals surface area contributed by atoms with Crippen LogP contribution in [-0.4, -0.2) is 17.8 Å². The van der Waals surface area contributed by atoms with Crippen molar-refractivity contribution in [3.05, 3.63) is 167 Å². The Bertz CT molecular complexity index is 3960. The molecule has 4 unspecified atom stereocenters. The topological polar surface area (TPSA) is 22.9 Å². The van der Waals surface area contributed by atoms with Gasteiger partial charge >= 0.3 is 0 Å². The van der Waals surface area contributed by atoms with E-state index in [1.54, 1.807) is 5.56 Å². The molecule has 0 radical (unpaired) electrons. The lowest BCUT2D eigenvalue weighted by Gasteiger charge is -2.53. The Morgan fingerprint density at radius 1 is 0.444 bits per heavy atom. The summed E-state index contributed by atoms with van der Waals surface area (Å²) >= 11 is 0. The van der Waals surface area contributed by atoms with Crippen LogP contribution in [0.25, 0.3) is 33.2 Å². The third-order valence-electron chi connectivity index (χ3n) is 23.1. The van der Waals surface area contributed by atoms with E-state index >= 15 is 0 Å². The van der Waals surface area contributed by atoms with Crippen LogP contribution in [0.2, 0.25) is 0 Å². The van der Waals surface area contributed by atoms with Crippen molar-refractivity contribution in [2.45, 2.75) is 205 Å². The molecule has 5 heterocycles. The molecule has 4 nitrogen and oxygen atoms in total. The summed E-state index contributed by atoms with van der Waals surface area (Å²) in [6, 6.07) is 53.1. The molecule has 7 aliphatic rings. The van der Waals surface area contributed by atoms with E-state index in [4.69, 9.17) is 4.42 Å². The minimum atomic E-state index is -0.176. The van der Waals surface area contributed by atoms with Crippen molar-refractivity contribution in [1.29, 1.82) is 0 Å². The second kappa shape index (κ2) is 16.6. The van der Waals surface area contributed by atoms with Gasteiger partial charge in [-0.1, -0.05) is 194 Å². The molecule has 0 N–H and O–H groups in total. The van der Waals surface area contributed by atoms with Crippen LogP contribution in [0.4, 0.5) is 39.8 Å². The first kappa shape index (κ1) is 51.4. The lowest BCUT2D eigenvalue weighted by Crippen LogP contribution is -2.64. The van der Waals surface area contributed by atoms with E-state index in [-0.39, 0.29) is 50.3 Å². The van der Waals surface area contributed by atoms with Gasteiger partial charge in [0.1, 0.15) is 5.58 Å². The average Bonchev–Trinajstić information content (AvgIpc) is 4.10. The summed E-state index contributed by atoms with van der Waals surface area (Å²) in [7, 11) is 0. The first-order valence-electron chi connectivity index (χ1n) is 31.2. The lowest BCUT2D eigenvalue weighted by atomic mass is 9.35. The maximum Gasteiger partial charge on any atom is 0.297 e. The molecule has 0 spiro atoms. The fourth-order valence-electron chi connectivity index (χ4n) is 17.7. The number of furan rings is 1. The van der Waals surface area contributed by atoms with Gasteiger partial charge in [-0.15, -0.1) is 0 Å². The van der Waals surface area contributed by atoms with E-state index in [2.05, 4.69) is 245 Å². The predicted octanol–water partition coefficient (Wildman–Crippen LogP) is 18.8. The van der Waals surface area contributed by atoms with Gasteiger partial charge in [0.25, 0.3) is 6.71 Å². The molecule has 2 fully saturated rings. The van der Waals surface area contributed by atoms with Gasteiger partial charge in [0.05, 0.1) is 28.1 Å². The SMILES string of the molecule is CC(C)(C)c1ccc(N2c3cc(N4c5ccc(-c6ccccc6)cc5C5(C)CCCCC45C)cc4c3B(c3cc(C(C)(C)C)cc5c3N4C3(C)CCCCC53C)c3oc4cc5c(cc4c32)C(C)(C)CCC5(C)C)c(-c2ccccc2)c1. The Morgan fingerprint density at radius 3 is 1.68 bits per heavy atom. The molecular formula is C76H84BN3O. The van der Waals surface area contributed by atoms with Crippen LogP contribution in [-0.2, 0) is 32.5 Å². The summed E-state index contributed by atoms with van der Waals surface area (Å²) in [6.45, 7) is 34.7. The summed E-state index contributed by atoms with van der Waals surface area (Å²) in [5.74, 6) is 0. The monoisotopic (exact) mass is 1070 g/mol. The molecule has 3 aliphatic carbocycles. The molecule has 0 bridgehead atoms. The number of hydrogen-bond acceptors (Lipinski definition) is 4. The molecular weight excluding hydrogens is 982 g/mol. The number of anilines is 7. The Hall–Kier alpha value is -6.46. The highest BCUT2D eigenvalue weighted by atomic mass is 16.3. The Morgan fingerprint density at radius 2 is 1.02 bits per heavy atom. The van der Waals surface area contributed by atoms with Crippen LogP contribution in [0.5, 0.6) is 0 Å². The molecule has 4 aliphatic heterocycles. The van der Waals surface area contributed by atoms with E-state index in [1.165, 1.54) is 138 Å². The Kier molecular flexibility index (Phi) is 10.6. The normalized spacial score (nSPS) is 25.5. The van der Waals surface area contributed by atoms with Crippen molar-refractivity contribution >= 4 is 74.1 Å². The summed E-state index contributed by atoms with van der Waals surface area (Å²) < 4.78 is 7.94. The van der Waals surface area contributed by atoms with Crippen molar-refractivity contribution in [3.8, 4) is 22.3 Å². The van der Waals surface area contributed by atoms with Crippen molar-refractivity contribution in [3.63, 3.8) is 0 Å². The van der Waals surface area contributed by atoms with Crippen LogP contribution < -0.4 is 31.3 Å². The summed E-state index contributed by atoms with van der Waals surface area (Å²) in [5.41, 5.74) is 27.2. The van der Waals surface area contributed by atoms with Gasteiger partial charge in [0.2, 0.25) is 0 Å². The van der Waals surface area contributed by atoms with Crippen LogP contribution in [0, 0.1) is 0 Å². The van der Waals surface area contributed by atoms with Gasteiger partial charge in [-0.05, 0) is 184 Å². The molecule has 81 heavy (non-hydrogen) atoms. The third kappa shape index (κ3) is 6.84. The third-order valence-corrected chi connectivity index (χ3v) is 23.1. The fraction of sp³-hybridized carbons (Fsp3) is 0.421. The van der Waals surface area contributed by atoms with E-state index < -0.39 is 0 Å². The number of fused-ring (bicyclic) bond motifs is 13. The summed E-state index contributed by atoms with van der Waals surface area (Å²) in [4.78, 5) is 8.58. The number of nitrogens with zero attached hydrogens (tertiary/aromatic N) is 3. The van der Waals surface area contributed by atoms with E-state index in [1.807, 2.05) is 0 Å². The van der Waals surface area contributed by atoms with E-state index in [9.17, 15) is 0 Å². The second-order valence-electron chi connectivity index (χ2n) is 30.6. The zero-order valence-electron chi connectivity index (χ0n) is 51.1. The largest absolute Gasteiger partial charge is 0.468 e. The molecule has 1 aromatic heterocycles. The van der Waals surface area contributed by atoms with E-state index in [0.29, 0.717) is 0 Å². The van der Waals surface area contributed by atoms with Crippen molar-refractivity contribution in [2.24, 2.45) is 0 Å². The first-order chi connectivity index (χ1) is 38.4. The minimum Gasteiger partial charge on any atom is -0.468 e. The predicted molar refractivity (Wildman–Crippen MR) is 345 cm³/mol. The average molecular weight is 1070 g/mol. The molecule has 15 rings (SSSR count). The minimum absolute atomic E-state index is 0.00446. The van der Waals surface area contributed by atoms with Gasteiger partial charge in [0.15, 0.2) is 0 Å². The molecule has 0 saturated heterocycles. The zero-order valence-corrected chi connectivity index (χ0v) is 51.1. The smallest absolute Gasteiger partial charge is 0.297 e. The Balaban J connectivity index is 1.11. The van der Waals surface area contributed by atoms with Crippen molar-refractivity contribution in [2.75, 3.05) is 14.7 Å². The molecule has 0 amide bonds. The van der Waals surface area contributed by atoms with Crippen molar-refractivity contribution in [1.82, 2.24) is 0 Å². The number of rotatable bonds is 4. The van der Waals surface area contributed by atoms with Gasteiger partial charge in [-0.25, -0.2) is 0 Å². The van der Waals surface area contributed by atoms with E-state index in [0.717, 1.165) is 43.3 Å². The Labute approximate surface area is 484 Å². The quantitative estimate of drug-likeness (QED) is 0.164. The maximum atomic E-state index is 7.94. The highest BCUT2D eigenvalue weighted by molar-refractivity contribution is 7.00. The molecule has 7 aromatic carbocycles. The fourth-order valence-corrected chi connectivity index (χ4v) is 17.7. The van der Waals surface area contributed by atoms with Gasteiger partial charge in [-0.3, -0.25) is 0 Å². The van der Waals surface area contributed by atoms with Gasteiger partial charge in [0, 0.05) is 50.2 Å². The molecule has 412 valence electrons. The maximum absolute atomic E-state index is 7.94. The zero-order chi connectivity index (χ0) is 56.3. The lowest BCUT2D eigenvalue weighted by molar-refractivity contribution is 0.194.